The summed E-state index contributed by atoms with van der Waals surface area (Å²) in [5, 5.41) is 11.9. The number of hydrogen-bond donors (Lipinski definition) is 1. The lowest BCUT2D eigenvalue weighted by molar-refractivity contribution is -0.132. The lowest BCUT2D eigenvalue weighted by atomic mass is 9.93. The molecule has 2 fully saturated rings. The van der Waals surface area contributed by atoms with E-state index in [0.717, 1.165) is 31.6 Å². The molecular weight excluding hydrogens is 391 g/mol. The molecule has 144 valence electrons. The summed E-state index contributed by atoms with van der Waals surface area (Å²) in [5.74, 6) is 0.231. The molecule has 1 spiro atoms. The van der Waals surface area contributed by atoms with E-state index in [4.69, 9.17) is 0 Å². The number of rotatable bonds is 5. The zero-order chi connectivity index (χ0) is 16.6. The third-order valence-electron chi connectivity index (χ3n) is 5.49. The van der Waals surface area contributed by atoms with Crippen molar-refractivity contribution in [1.82, 2.24) is 20.0 Å². The van der Waals surface area contributed by atoms with E-state index in [-0.39, 0.29) is 30.7 Å². The van der Waals surface area contributed by atoms with E-state index in [1.807, 2.05) is 13.2 Å². The number of carbonyl (C=O) groups excluding carboxylic acids is 1. The van der Waals surface area contributed by atoms with Crippen LogP contribution in [0.4, 0.5) is 0 Å². The van der Waals surface area contributed by atoms with Crippen LogP contribution in [-0.4, -0.2) is 39.7 Å². The minimum absolute atomic E-state index is 0. The first-order valence-electron chi connectivity index (χ1n) is 8.65. The van der Waals surface area contributed by atoms with E-state index in [2.05, 4.69) is 32.1 Å². The van der Waals surface area contributed by atoms with Gasteiger partial charge in [0.2, 0.25) is 5.91 Å². The largest absolute Gasteiger partial charge is 0.334 e. The zero-order valence-corrected chi connectivity index (χ0v) is 17.3. The average Bonchev–Trinajstić information content (AvgIpc) is 2.96. The Hall–Kier alpha value is -1.08. The normalized spacial score (nSPS) is 20.1. The molecule has 1 saturated heterocycles. The van der Waals surface area contributed by atoms with Gasteiger partial charge in [0.1, 0.15) is 0 Å². The maximum atomic E-state index is 13.0. The Morgan fingerprint density at radius 1 is 1.38 bits per heavy atom. The highest BCUT2D eigenvalue weighted by atomic mass is 35.5. The first-order valence-corrected chi connectivity index (χ1v) is 9.59. The van der Waals surface area contributed by atoms with E-state index in [9.17, 15) is 4.79 Å². The molecule has 26 heavy (non-hydrogen) atoms. The molecule has 0 aromatic carbocycles. The van der Waals surface area contributed by atoms with Crippen molar-refractivity contribution in [2.45, 2.75) is 38.3 Å². The van der Waals surface area contributed by atoms with Gasteiger partial charge in [0.25, 0.3) is 0 Å². The molecule has 1 unspecified atom stereocenters. The number of halogens is 2. The second kappa shape index (κ2) is 8.74. The van der Waals surface area contributed by atoms with Crippen LogP contribution in [0.15, 0.2) is 29.2 Å². The highest BCUT2D eigenvalue weighted by Crippen LogP contribution is 2.56. The molecule has 4 rings (SSSR count). The van der Waals surface area contributed by atoms with E-state index in [1.54, 1.807) is 22.2 Å². The van der Waals surface area contributed by atoms with Gasteiger partial charge in [-0.15, -0.1) is 24.8 Å². The van der Waals surface area contributed by atoms with Crippen molar-refractivity contribution in [2.24, 2.45) is 12.5 Å². The van der Waals surface area contributed by atoms with Crippen molar-refractivity contribution in [2.75, 3.05) is 13.1 Å². The Bertz CT molecular complexity index is 713. The van der Waals surface area contributed by atoms with Crippen LogP contribution < -0.4 is 5.32 Å². The number of hydrogen-bond acceptors (Lipinski definition) is 4. The molecule has 8 heteroatoms. The summed E-state index contributed by atoms with van der Waals surface area (Å²) < 4.78 is 1.76. The third-order valence-corrected chi connectivity index (χ3v) is 6.22. The highest BCUT2D eigenvalue weighted by molar-refractivity contribution is 7.07. The van der Waals surface area contributed by atoms with Crippen molar-refractivity contribution >= 4 is 42.1 Å². The molecule has 1 saturated carbocycles. The summed E-state index contributed by atoms with van der Waals surface area (Å²) in [7, 11) is 1.89. The Labute approximate surface area is 171 Å². The van der Waals surface area contributed by atoms with E-state index in [1.165, 1.54) is 18.4 Å². The van der Waals surface area contributed by atoms with Gasteiger partial charge in [-0.25, -0.2) is 0 Å². The molecular formula is C18H26Cl2N4OS. The predicted molar refractivity (Wildman–Crippen MR) is 109 cm³/mol. The quantitative estimate of drug-likeness (QED) is 0.814. The molecule has 1 aliphatic heterocycles. The van der Waals surface area contributed by atoms with Crippen LogP contribution in [0.5, 0.6) is 0 Å². The topological polar surface area (TPSA) is 50.2 Å². The van der Waals surface area contributed by atoms with Crippen LogP contribution in [0.1, 0.15) is 30.4 Å². The molecule has 1 atom stereocenters. The van der Waals surface area contributed by atoms with Crippen molar-refractivity contribution in [1.29, 1.82) is 0 Å². The number of piperidine rings is 1. The first kappa shape index (κ1) is 21.2. The van der Waals surface area contributed by atoms with Crippen molar-refractivity contribution in [3.63, 3.8) is 0 Å². The van der Waals surface area contributed by atoms with Gasteiger partial charge < -0.3 is 10.2 Å². The predicted octanol–water partition coefficient (Wildman–Crippen LogP) is 3.04. The number of carbonyl (C=O) groups is 1. The Balaban J connectivity index is 0.00000121. The number of nitrogens with one attached hydrogen (secondary N) is 1. The standard InChI is InChI=1S/C18H24N4OS.2ClH/c1-21-11-15(10-20-21)8-17(23)22(12-14-2-7-24-13-14)16-9-18(16)3-5-19-6-4-18;;/h2,7,10-11,13,16,19H,3-6,8-9,12H2,1H3;2*1H. The molecule has 5 nitrogen and oxygen atoms in total. The maximum absolute atomic E-state index is 13.0. The van der Waals surface area contributed by atoms with Gasteiger partial charge in [0, 0.05) is 25.8 Å². The fourth-order valence-electron chi connectivity index (χ4n) is 4.02. The van der Waals surface area contributed by atoms with Crippen LogP contribution >= 0.6 is 36.2 Å². The van der Waals surface area contributed by atoms with E-state index < -0.39 is 0 Å². The second-order valence-electron chi connectivity index (χ2n) is 7.18. The summed E-state index contributed by atoms with van der Waals surface area (Å²) in [6.45, 7) is 2.90. The molecule has 2 aliphatic rings. The van der Waals surface area contributed by atoms with Gasteiger partial charge in [-0.3, -0.25) is 9.48 Å². The Morgan fingerprint density at radius 2 is 2.15 bits per heavy atom. The zero-order valence-electron chi connectivity index (χ0n) is 14.9. The Kier molecular flexibility index (Phi) is 7.13. The minimum atomic E-state index is 0. The number of thiophene rings is 1. The van der Waals surface area contributed by atoms with Gasteiger partial charge in [0.15, 0.2) is 0 Å². The summed E-state index contributed by atoms with van der Waals surface area (Å²) in [6.07, 6.45) is 7.73. The maximum Gasteiger partial charge on any atom is 0.227 e. The average molecular weight is 417 g/mol. The van der Waals surface area contributed by atoms with Crippen molar-refractivity contribution in [3.05, 3.63) is 40.3 Å². The molecule has 3 heterocycles. The number of aromatic nitrogens is 2. The number of nitrogens with zero attached hydrogens (tertiary/aromatic N) is 3. The molecule has 0 radical (unpaired) electrons. The van der Waals surface area contributed by atoms with Gasteiger partial charge in [-0.2, -0.15) is 16.4 Å². The van der Waals surface area contributed by atoms with Gasteiger partial charge in [-0.1, -0.05) is 0 Å². The molecule has 1 amide bonds. The van der Waals surface area contributed by atoms with Crippen LogP contribution in [0.2, 0.25) is 0 Å². The van der Waals surface area contributed by atoms with E-state index in [0.29, 0.717) is 17.9 Å². The smallest absolute Gasteiger partial charge is 0.227 e. The summed E-state index contributed by atoms with van der Waals surface area (Å²) in [6, 6.07) is 2.54. The van der Waals surface area contributed by atoms with Crippen LogP contribution in [-0.2, 0) is 24.8 Å². The SMILES string of the molecule is Cl.Cl.Cn1cc(CC(=O)N(Cc2ccsc2)C2CC23CCNCC3)cn1. The lowest BCUT2D eigenvalue weighted by Gasteiger charge is -2.29. The lowest BCUT2D eigenvalue weighted by Crippen LogP contribution is -2.39. The van der Waals surface area contributed by atoms with Crippen LogP contribution in [0.3, 0.4) is 0 Å². The summed E-state index contributed by atoms with van der Waals surface area (Å²) >= 11 is 1.70. The highest BCUT2D eigenvalue weighted by Gasteiger charge is 2.57. The molecule has 1 N–H and O–H groups in total. The Morgan fingerprint density at radius 3 is 2.77 bits per heavy atom. The van der Waals surface area contributed by atoms with E-state index >= 15 is 0 Å². The second-order valence-corrected chi connectivity index (χ2v) is 7.96. The summed E-state index contributed by atoms with van der Waals surface area (Å²) in [5.41, 5.74) is 2.61. The number of amides is 1. The van der Waals surface area contributed by atoms with Gasteiger partial charge >= 0.3 is 0 Å². The minimum Gasteiger partial charge on any atom is -0.334 e. The van der Waals surface area contributed by atoms with Crippen LogP contribution in [0, 0.1) is 5.41 Å². The molecule has 2 aromatic rings. The first-order chi connectivity index (χ1) is 11.7. The van der Waals surface area contributed by atoms with Crippen molar-refractivity contribution in [3.8, 4) is 0 Å². The van der Waals surface area contributed by atoms with Crippen molar-refractivity contribution < 1.29 is 4.79 Å². The fourth-order valence-corrected chi connectivity index (χ4v) is 4.68. The molecule has 2 aromatic heterocycles. The van der Waals surface area contributed by atoms with Gasteiger partial charge in [0.05, 0.1) is 12.6 Å². The van der Waals surface area contributed by atoms with Crippen LogP contribution in [0.25, 0.3) is 0 Å². The molecule has 0 bridgehead atoms. The fraction of sp³-hybridized carbons (Fsp3) is 0.556. The summed E-state index contributed by atoms with van der Waals surface area (Å²) in [4.78, 5) is 15.2. The molecule has 1 aliphatic carbocycles. The monoisotopic (exact) mass is 416 g/mol. The third kappa shape index (κ3) is 4.42. The number of aryl methyl sites for hydroxylation is 1. The van der Waals surface area contributed by atoms with Gasteiger partial charge in [-0.05, 0) is 65.7 Å².